The third kappa shape index (κ3) is 4.14. The molecule has 0 bridgehead atoms. The number of rotatable bonds is 5. The minimum Gasteiger partial charge on any atom is -0.306 e. The molecule has 0 fully saturated rings. The first-order valence-electron chi connectivity index (χ1n) is 9.81. The SMILES string of the molecule is Cc1cccc(CN(C(=O)[C@@H](C)C(C)C)c2ccc3c(c2)CCCC3)n1. The van der Waals surface area contributed by atoms with Gasteiger partial charge < -0.3 is 4.90 Å². The van der Waals surface area contributed by atoms with Gasteiger partial charge in [0.05, 0.1) is 12.2 Å². The molecule has 1 heterocycles. The highest BCUT2D eigenvalue weighted by Crippen LogP contribution is 2.28. The van der Waals surface area contributed by atoms with Gasteiger partial charge in [-0.3, -0.25) is 9.78 Å². The van der Waals surface area contributed by atoms with Gasteiger partial charge in [0.15, 0.2) is 0 Å². The van der Waals surface area contributed by atoms with Crippen LogP contribution in [0.5, 0.6) is 0 Å². The first-order valence-corrected chi connectivity index (χ1v) is 9.81. The number of amides is 1. The Morgan fingerprint density at radius 2 is 1.81 bits per heavy atom. The average Bonchev–Trinajstić information content (AvgIpc) is 2.64. The van der Waals surface area contributed by atoms with E-state index in [0.29, 0.717) is 12.5 Å². The van der Waals surface area contributed by atoms with Crippen molar-refractivity contribution in [2.75, 3.05) is 4.90 Å². The summed E-state index contributed by atoms with van der Waals surface area (Å²) in [7, 11) is 0. The number of fused-ring (bicyclic) bond motifs is 1. The summed E-state index contributed by atoms with van der Waals surface area (Å²) >= 11 is 0. The van der Waals surface area contributed by atoms with Crippen LogP contribution in [0.1, 0.15) is 56.1 Å². The third-order valence-corrected chi connectivity index (χ3v) is 5.57. The number of anilines is 1. The smallest absolute Gasteiger partial charge is 0.230 e. The Labute approximate surface area is 157 Å². The van der Waals surface area contributed by atoms with Gasteiger partial charge in [0.2, 0.25) is 5.91 Å². The summed E-state index contributed by atoms with van der Waals surface area (Å²) in [4.78, 5) is 19.8. The molecule has 0 aliphatic heterocycles. The van der Waals surface area contributed by atoms with E-state index in [9.17, 15) is 4.79 Å². The van der Waals surface area contributed by atoms with Crippen molar-refractivity contribution in [3.05, 3.63) is 58.9 Å². The van der Waals surface area contributed by atoms with Gasteiger partial charge >= 0.3 is 0 Å². The lowest BCUT2D eigenvalue weighted by atomic mass is 9.91. The molecule has 1 atom stereocenters. The Balaban J connectivity index is 1.95. The van der Waals surface area contributed by atoms with Crippen LogP contribution in [-0.2, 0) is 24.2 Å². The maximum Gasteiger partial charge on any atom is 0.230 e. The highest BCUT2D eigenvalue weighted by atomic mass is 16.2. The number of carbonyl (C=O) groups excluding carboxylic acids is 1. The van der Waals surface area contributed by atoms with Crippen LogP contribution < -0.4 is 4.90 Å². The van der Waals surface area contributed by atoms with Crippen LogP contribution in [0, 0.1) is 18.8 Å². The first-order chi connectivity index (χ1) is 12.5. The van der Waals surface area contributed by atoms with Crippen LogP contribution >= 0.6 is 0 Å². The van der Waals surface area contributed by atoms with Gasteiger partial charge in [0.1, 0.15) is 0 Å². The van der Waals surface area contributed by atoms with E-state index in [2.05, 4.69) is 37.0 Å². The second kappa shape index (κ2) is 8.03. The second-order valence-corrected chi connectivity index (χ2v) is 7.89. The summed E-state index contributed by atoms with van der Waals surface area (Å²) in [5.74, 6) is 0.475. The van der Waals surface area contributed by atoms with Crippen molar-refractivity contribution in [3.63, 3.8) is 0 Å². The normalized spacial score (nSPS) is 14.8. The number of aryl methyl sites for hydroxylation is 3. The molecule has 0 saturated carbocycles. The molecule has 2 aromatic rings. The van der Waals surface area contributed by atoms with E-state index in [1.165, 1.54) is 24.0 Å². The van der Waals surface area contributed by atoms with Gasteiger partial charge in [-0.05, 0) is 73.9 Å². The van der Waals surface area contributed by atoms with Crippen LogP contribution in [0.4, 0.5) is 5.69 Å². The molecule has 138 valence electrons. The largest absolute Gasteiger partial charge is 0.306 e. The van der Waals surface area contributed by atoms with Crippen LogP contribution in [-0.4, -0.2) is 10.9 Å². The summed E-state index contributed by atoms with van der Waals surface area (Å²) < 4.78 is 0. The fourth-order valence-electron chi connectivity index (χ4n) is 3.56. The van der Waals surface area contributed by atoms with Crippen molar-refractivity contribution < 1.29 is 4.79 Å². The zero-order chi connectivity index (χ0) is 18.7. The van der Waals surface area contributed by atoms with Crippen molar-refractivity contribution >= 4 is 11.6 Å². The predicted molar refractivity (Wildman–Crippen MR) is 107 cm³/mol. The number of aromatic nitrogens is 1. The van der Waals surface area contributed by atoms with Crippen LogP contribution in [0.25, 0.3) is 0 Å². The maximum absolute atomic E-state index is 13.2. The molecule has 0 radical (unpaired) electrons. The van der Waals surface area contributed by atoms with E-state index in [-0.39, 0.29) is 11.8 Å². The molecule has 0 saturated heterocycles. The molecule has 1 aromatic carbocycles. The van der Waals surface area contributed by atoms with Gasteiger partial charge in [0, 0.05) is 17.3 Å². The molecule has 0 spiro atoms. The molecule has 1 aliphatic carbocycles. The Hall–Kier alpha value is -2.16. The summed E-state index contributed by atoms with van der Waals surface area (Å²) in [6.07, 6.45) is 4.79. The van der Waals surface area contributed by atoms with E-state index in [0.717, 1.165) is 29.9 Å². The fourth-order valence-corrected chi connectivity index (χ4v) is 3.56. The Bertz CT molecular complexity index is 782. The van der Waals surface area contributed by atoms with E-state index in [1.807, 2.05) is 36.9 Å². The van der Waals surface area contributed by atoms with Crippen LogP contribution in [0.15, 0.2) is 36.4 Å². The molecule has 1 aliphatic rings. The minimum atomic E-state index is -0.0177. The zero-order valence-corrected chi connectivity index (χ0v) is 16.5. The lowest BCUT2D eigenvalue weighted by Gasteiger charge is -2.29. The van der Waals surface area contributed by atoms with Crippen molar-refractivity contribution in [1.82, 2.24) is 4.98 Å². The van der Waals surface area contributed by atoms with Crippen molar-refractivity contribution in [2.45, 2.75) is 59.9 Å². The number of hydrogen-bond acceptors (Lipinski definition) is 2. The quantitative estimate of drug-likeness (QED) is 0.752. The number of pyridine rings is 1. The van der Waals surface area contributed by atoms with E-state index in [1.54, 1.807) is 0 Å². The zero-order valence-electron chi connectivity index (χ0n) is 16.5. The van der Waals surface area contributed by atoms with Crippen LogP contribution in [0.3, 0.4) is 0 Å². The molecule has 3 heteroatoms. The van der Waals surface area contributed by atoms with Crippen molar-refractivity contribution in [2.24, 2.45) is 11.8 Å². The van der Waals surface area contributed by atoms with Gasteiger partial charge in [-0.2, -0.15) is 0 Å². The van der Waals surface area contributed by atoms with E-state index in [4.69, 9.17) is 0 Å². The molecule has 1 aromatic heterocycles. The lowest BCUT2D eigenvalue weighted by Crippen LogP contribution is -2.37. The third-order valence-electron chi connectivity index (χ3n) is 5.57. The van der Waals surface area contributed by atoms with Gasteiger partial charge in [-0.25, -0.2) is 0 Å². The van der Waals surface area contributed by atoms with Gasteiger partial charge in [-0.15, -0.1) is 0 Å². The molecular formula is C23H30N2O. The maximum atomic E-state index is 13.2. The topological polar surface area (TPSA) is 33.2 Å². The molecular weight excluding hydrogens is 320 g/mol. The number of hydrogen-bond donors (Lipinski definition) is 0. The van der Waals surface area contributed by atoms with Crippen LogP contribution in [0.2, 0.25) is 0 Å². The predicted octanol–water partition coefficient (Wildman–Crippen LogP) is 5.09. The summed E-state index contributed by atoms with van der Waals surface area (Å²) in [5.41, 5.74) is 5.77. The summed E-state index contributed by atoms with van der Waals surface area (Å²) in [6, 6.07) is 12.6. The summed E-state index contributed by atoms with van der Waals surface area (Å²) in [5, 5.41) is 0. The standard InChI is InChI=1S/C23H30N2O/c1-16(2)18(4)23(26)25(15-21-11-7-8-17(3)24-21)22-13-12-19-9-5-6-10-20(19)14-22/h7-8,11-14,16,18H,5-6,9-10,15H2,1-4H3/t18-/m0/s1. The van der Waals surface area contributed by atoms with E-state index < -0.39 is 0 Å². The highest BCUT2D eigenvalue weighted by Gasteiger charge is 2.25. The highest BCUT2D eigenvalue weighted by molar-refractivity contribution is 5.95. The molecule has 26 heavy (non-hydrogen) atoms. The number of carbonyl (C=O) groups is 1. The lowest BCUT2D eigenvalue weighted by molar-refractivity contribution is -0.123. The first kappa shape index (κ1) is 18.6. The minimum absolute atomic E-state index is 0.0177. The Morgan fingerprint density at radius 1 is 1.08 bits per heavy atom. The second-order valence-electron chi connectivity index (χ2n) is 7.89. The Kier molecular flexibility index (Phi) is 5.75. The number of nitrogens with zero attached hydrogens (tertiary/aromatic N) is 2. The van der Waals surface area contributed by atoms with Crippen molar-refractivity contribution in [3.8, 4) is 0 Å². The van der Waals surface area contributed by atoms with E-state index >= 15 is 0 Å². The fraction of sp³-hybridized carbons (Fsp3) is 0.478. The molecule has 3 rings (SSSR count). The van der Waals surface area contributed by atoms with Gasteiger partial charge in [-0.1, -0.05) is 32.9 Å². The number of benzene rings is 1. The molecule has 0 unspecified atom stereocenters. The molecule has 1 amide bonds. The Morgan fingerprint density at radius 3 is 2.50 bits per heavy atom. The summed E-state index contributed by atoms with van der Waals surface area (Å²) in [6.45, 7) is 8.76. The molecule has 3 nitrogen and oxygen atoms in total. The van der Waals surface area contributed by atoms with Gasteiger partial charge in [0.25, 0.3) is 0 Å². The molecule has 0 N–H and O–H groups in total. The van der Waals surface area contributed by atoms with Crippen molar-refractivity contribution in [1.29, 1.82) is 0 Å². The average molecular weight is 351 g/mol. The monoisotopic (exact) mass is 350 g/mol.